The van der Waals surface area contributed by atoms with Crippen LogP contribution in [0.4, 0.5) is 21.0 Å². The van der Waals surface area contributed by atoms with Gasteiger partial charge in [-0.2, -0.15) is 0 Å². The van der Waals surface area contributed by atoms with Crippen molar-refractivity contribution in [2.24, 2.45) is 0 Å². The van der Waals surface area contributed by atoms with Crippen LogP contribution in [0, 0.1) is 0 Å². The number of unbranched alkanes of at least 4 members (excludes halogenated alkanes) is 1. The van der Waals surface area contributed by atoms with Gasteiger partial charge in [-0.3, -0.25) is 4.90 Å². The van der Waals surface area contributed by atoms with Crippen molar-refractivity contribution in [1.82, 2.24) is 10.6 Å². The third-order valence-electron chi connectivity index (χ3n) is 4.45. The summed E-state index contributed by atoms with van der Waals surface area (Å²) >= 11 is 0. The molecular weight excluding hydrogens is 384 g/mol. The first-order valence-corrected chi connectivity index (χ1v) is 10.1. The van der Waals surface area contributed by atoms with Gasteiger partial charge >= 0.3 is 12.1 Å². The highest BCUT2D eigenvalue weighted by atomic mass is 16.7. The Morgan fingerprint density at radius 2 is 1.80 bits per heavy atom. The van der Waals surface area contributed by atoms with Crippen molar-refractivity contribution in [2.45, 2.75) is 32.7 Å². The van der Waals surface area contributed by atoms with Crippen LogP contribution < -0.4 is 30.3 Å². The number of urea groups is 2. The van der Waals surface area contributed by atoms with Gasteiger partial charge in [0.1, 0.15) is 0 Å². The summed E-state index contributed by atoms with van der Waals surface area (Å²) in [6.07, 6.45) is 1.46. The molecule has 0 aromatic heterocycles. The lowest BCUT2D eigenvalue weighted by Gasteiger charge is -2.24. The van der Waals surface area contributed by atoms with Gasteiger partial charge < -0.3 is 25.4 Å². The van der Waals surface area contributed by atoms with Crippen molar-refractivity contribution in [3.63, 3.8) is 0 Å². The molecule has 0 aliphatic carbocycles. The molecule has 0 bridgehead atoms. The third-order valence-corrected chi connectivity index (χ3v) is 4.45. The Kier molecular flexibility index (Phi) is 7.37. The zero-order valence-electron chi connectivity index (χ0n) is 17.3. The maximum absolute atomic E-state index is 12.7. The molecule has 1 aliphatic rings. The van der Waals surface area contributed by atoms with E-state index in [0.29, 0.717) is 24.6 Å². The van der Waals surface area contributed by atoms with Gasteiger partial charge in [0, 0.05) is 36.6 Å². The van der Waals surface area contributed by atoms with Crippen molar-refractivity contribution < 1.29 is 19.1 Å². The summed E-state index contributed by atoms with van der Waals surface area (Å²) in [7, 11) is 0. The number of rotatable bonds is 8. The van der Waals surface area contributed by atoms with E-state index in [4.69, 9.17) is 9.47 Å². The predicted molar refractivity (Wildman–Crippen MR) is 116 cm³/mol. The Labute approximate surface area is 176 Å². The minimum absolute atomic E-state index is 0.0253. The number of anilines is 2. The van der Waals surface area contributed by atoms with E-state index in [1.807, 2.05) is 62.4 Å². The van der Waals surface area contributed by atoms with E-state index >= 15 is 0 Å². The molecule has 3 rings (SSSR count). The Balaban J connectivity index is 1.50. The van der Waals surface area contributed by atoms with Gasteiger partial charge in [-0.25, -0.2) is 9.59 Å². The molecule has 30 heavy (non-hydrogen) atoms. The lowest BCUT2D eigenvalue weighted by atomic mass is 10.2. The van der Waals surface area contributed by atoms with Gasteiger partial charge in [-0.1, -0.05) is 18.2 Å². The van der Waals surface area contributed by atoms with E-state index in [2.05, 4.69) is 16.0 Å². The molecule has 8 heteroatoms. The van der Waals surface area contributed by atoms with Gasteiger partial charge in [0.15, 0.2) is 11.5 Å². The van der Waals surface area contributed by atoms with Crippen LogP contribution in [0.5, 0.6) is 11.5 Å². The first kappa shape index (κ1) is 21.3. The molecule has 0 unspecified atom stereocenters. The molecule has 3 N–H and O–H groups in total. The molecule has 160 valence electrons. The van der Waals surface area contributed by atoms with Crippen LogP contribution in [0.3, 0.4) is 0 Å². The topological polar surface area (TPSA) is 91.9 Å². The molecular formula is C22H28N4O4. The van der Waals surface area contributed by atoms with Crippen molar-refractivity contribution >= 4 is 23.4 Å². The van der Waals surface area contributed by atoms with Crippen LogP contribution >= 0.6 is 0 Å². The Hall–Kier alpha value is -3.42. The number of carbonyl (C=O) groups excluding carboxylic acids is 2. The van der Waals surface area contributed by atoms with Crippen LogP contribution in [-0.4, -0.2) is 38.0 Å². The maximum atomic E-state index is 12.7. The van der Waals surface area contributed by atoms with Crippen molar-refractivity contribution in [3.8, 4) is 11.5 Å². The van der Waals surface area contributed by atoms with Crippen LogP contribution in [0.1, 0.15) is 26.7 Å². The molecule has 0 atom stereocenters. The Morgan fingerprint density at radius 3 is 2.57 bits per heavy atom. The highest BCUT2D eigenvalue weighted by Gasteiger charge is 2.20. The molecule has 8 nitrogen and oxygen atoms in total. The van der Waals surface area contributed by atoms with Gasteiger partial charge in [-0.05, 0) is 51.0 Å². The number of amides is 4. The number of hydrogen-bond acceptors (Lipinski definition) is 4. The zero-order chi connectivity index (χ0) is 21.3. The first-order valence-electron chi connectivity index (χ1n) is 10.1. The second kappa shape index (κ2) is 10.4. The van der Waals surface area contributed by atoms with Gasteiger partial charge in [0.05, 0.1) is 0 Å². The van der Waals surface area contributed by atoms with Crippen LogP contribution in [0.15, 0.2) is 48.5 Å². The van der Waals surface area contributed by atoms with Gasteiger partial charge in [0.2, 0.25) is 6.79 Å². The number of carbonyl (C=O) groups is 2. The molecule has 1 heterocycles. The lowest BCUT2D eigenvalue weighted by Crippen LogP contribution is -2.43. The van der Waals surface area contributed by atoms with Crippen LogP contribution in [0.25, 0.3) is 0 Å². The zero-order valence-corrected chi connectivity index (χ0v) is 17.3. The fourth-order valence-electron chi connectivity index (χ4n) is 3.02. The first-order chi connectivity index (χ1) is 14.5. The lowest BCUT2D eigenvalue weighted by molar-refractivity contribution is 0.174. The second-order valence-electron chi connectivity index (χ2n) is 7.25. The van der Waals surface area contributed by atoms with E-state index in [1.54, 1.807) is 4.90 Å². The average Bonchev–Trinajstić information content (AvgIpc) is 3.18. The SMILES string of the molecule is CC(C)NC(=O)N(CCCCNC(=O)Nc1ccccc1)c1ccc2c(c1)OCO2. The number of fused-ring (bicyclic) bond motifs is 1. The highest BCUT2D eigenvalue weighted by molar-refractivity contribution is 5.92. The van der Waals surface area contributed by atoms with E-state index in [9.17, 15) is 9.59 Å². The summed E-state index contributed by atoms with van der Waals surface area (Å²) in [5.74, 6) is 1.31. The third kappa shape index (κ3) is 6.04. The number of ether oxygens (including phenoxy) is 2. The molecule has 4 amide bonds. The average molecular weight is 412 g/mol. The molecule has 0 radical (unpaired) electrons. The molecule has 2 aromatic rings. The van der Waals surface area contributed by atoms with E-state index in [1.165, 1.54) is 0 Å². The fourth-order valence-corrected chi connectivity index (χ4v) is 3.02. The molecule has 0 fully saturated rings. The maximum Gasteiger partial charge on any atom is 0.322 e. The van der Waals surface area contributed by atoms with Crippen molar-refractivity contribution in [3.05, 3.63) is 48.5 Å². The fraction of sp³-hybridized carbons (Fsp3) is 0.364. The second-order valence-corrected chi connectivity index (χ2v) is 7.25. The number of nitrogens with one attached hydrogen (secondary N) is 3. The number of para-hydroxylation sites is 1. The summed E-state index contributed by atoms with van der Waals surface area (Å²) in [5, 5.41) is 8.55. The Bertz CT molecular complexity index is 857. The molecule has 0 saturated heterocycles. The monoisotopic (exact) mass is 412 g/mol. The summed E-state index contributed by atoms with van der Waals surface area (Å²) in [6, 6.07) is 14.4. The van der Waals surface area contributed by atoms with E-state index in [-0.39, 0.29) is 24.9 Å². The molecule has 2 aromatic carbocycles. The van der Waals surface area contributed by atoms with E-state index in [0.717, 1.165) is 24.2 Å². The standard InChI is InChI=1S/C22H28N4O4/c1-16(2)24-22(28)26(18-10-11-19-20(14-18)30-15-29-19)13-7-6-12-23-21(27)25-17-8-4-3-5-9-17/h3-5,8-11,14,16H,6-7,12-13,15H2,1-2H3,(H,24,28)(H2,23,25,27). The largest absolute Gasteiger partial charge is 0.454 e. The summed E-state index contributed by atoms with van der Waals surface area (Å²) in [6.45, 7) is 5.06. The minimum atomic E-state index is -0.244. The normalized spacial score (nSPS) is 11.8. The van der Waals surface area contributed by atoms with Gasteiger partial charge in [-0.15, -0.1) is 0 Å². The van der Waals surface area contributed by atoms with Crippen LogP contribution in [-0.2, 0) is 0 Å². The molecule has 0 saturated carbocycles. The van der Waals surface area contributed by atoms with Crippen LogP contribution in [0.2, 0.25) is 0 Å². The van der Waals surface area contributed by atoms with Crippen molar-refractivity contribution in [1.29, 1.82) is 0 Å². The Morgan fingerprint density at radius 1 is 1.03 bits per heavy atom. The number of hydrogen-bond donors (Lipinski definition) is 3. The number of nitrogens with zero attached hydrogens (tertiary/aromatic N) is 1. The summed E-state index contributed by atoms with van der Waals surface area (Å²) in [4.78, 5) is 26.3. The van der Waals surface area contributed by atoms with Gasteiger partial charge in [0.25, 0.3) is 0 Å². The predicted octanol–water partition coefficient (Wildman–Crippen LogP) is 3.94. The quantitative estimate of drug-likeness (QED) is 0.573. The molecule has 1 aliphatic heterocycles. The van der Waals surface area contributed by atoms with Crippen molar-refractivity contribution in [2.75, 3.05) is 30.1 Å². The van der Waals surface area contributed by atoms with E-state index < -0.39 is 0 Å². The molecule has 0 spiro atoms. The summed E-state index contributed by atoms with van der Waals surface area (Å²) in [5.41, 5.74) is 1.49. The summed E-state index contributed by atoms with van der Waals surface area (Å²) < 4.78 is 10.8. The number of benzene rings is 2. The minimum Gasteiger partial charge on any atom is -0.454 e. The smallest absolute Gasteiger partial charge is 0.322 e. The highest BCUT2D eigenvalue weighted by Crippen LogP contribution is 2.35.